The Morgan fingerprint density at radius 2 is 2.21 bits per heavy atom. The average molecular weight is 324 g/mol. The molecule has 24 heavy (non-hydrogen) atoms. The molecule has 4 bridgehead atoms. The van der Waals surface area contributed by atoms with Gasteiger partial charge in [0, 0.05) is 35.8 Å². The van der Waals surface area contributed by atoms with Gasteiger partial charge < -0.3 is 19.7 Å². The van der Waals surface area contributed by atoms with Crippen molar-refractivity contribution < 1.29 is 14.7 Å². The number of fused-ring (bicyclic) bond motifs is 2. The maximum Gasteiger partial charge on any atom is 0.131 e. The van der Waals surface area contributed by atoms with Gasteiger partial charge in [-0.25, -0.2) is 0 Å². The molecule has 1 aromatic heterocycles. The second kappa shape index (κ2) is 4.64. The van der Waals surface area contributed by atoms with Crippen LogP contribution in [0, 0.1) is 11.8 Å². The van der Waals surface area contributed by atoms with E-state index in [2.05, 4.69) is 25.0 Å². The van der Waals surface area contributed by atoms with Crippen LogP contribution in [0.3, 0.4) is 0 Å². The summed E-state index contributed by atoms with van der Waals surface area (Å²) >= 11 is 0. The number of nitrogens with zero attached hydrogens (tertiary/aromatic N) is 1. The maximum absolute atomic E-state index is 11.9. The van der Waals surface area contributed by atoms with Crippen molar-refractivity contribution in [3.8, 4) is 5.75 Å². The Hall–Kier alpha value is -1.78. The second-order valence-electron chi connectivity index (χ2n) is 8.15. The molecule has 0 amide bonds. The van der Waals surface area contributed by atoms with Gasteiger partial charge in [-0.05, 0) is 30.0 Å². The number of rotatable bonds is 1. The van der Waals surface area contributed by atoms with Gasteiger partial charge in [-0.1, -0.05) is 18.2 Å². The van der Waals surface area contributed by atoms with Crippen molar-refractivity contribution in [2.24, 2.45) is 11.8 Å². The Morgan fingerprint density at radius 1 is 1.38 bits per heavy atom. The van der Waals surface area contributed by atoms with E-state index in [4.69, 9.17) is 0 Å². The quantitative estimate of drug-likeness (QED) is 0.625. The number of likely N-dealkylation sites (N-methyl/N-ethyl adjacent to an activating group) is 1. The summed E-state index contributed by atoms with van der Waals surface area (Å²) in [4.78, 5) is 3.65. The van der Waals surface area contributed by atoms with E-state index in [0.717, 1.165) is 34.9 Å². The van der Waals surface area contributed by atoms with Crippen molar-refractivity contribution in [2.45, 2.75) is 25.3 Å². The molecule has 2 aromatic rings. The Labute approximate surface area is 142 Å². The Bertz CT molecular complexity index is 868. The highest BCUT2D eigenvalue weighted by Crippen LogP contribution is 2.58. The van der Waals surface area contributed by atoms with Crippen LogP contribution in [0.5, 0.6) is 5.75 Å². The van der Waals surface area contributed by atoms with Gasteiger partial charge >= 0.3 is 0 Å². The van der Waals surface area contributed by atoms with Crippen LogP contribution in [0.1, 0.15) is 36.6 Å². The van der Waals surface area contributed by atoms with Gasteiger partial charge in [0.1, 0.15) is 12.6 Å². The summed E-state index contributed by atoms with van der Waals surface area (Å²) in [5.41, 5.74) is 5.23. The van der Waals surface area contributed by atoms with Gasteiger partial charge in [-0.2, -0.15) is 0 Å². The number of hydrogen-bond acceptors (Lipinski definition) is 2. The van der Waals surface area contributed by atoms with Crippen LogP contribution < -0.4 is 5.11 Å². The molecule has 0 saturated carbocycles. The molecule has 3 saturated heterocycles. The summed E-state index contributed by atoms with van der Waals surface area (Å²) < 4.78 is 1.03. The van der Waals surface area contributed by atoms with Gasteiger partial charge in [-0.15, -0.1) is 5.75 Å². The molecule has 4 aliphatic heterocycles. The SMILES string of the molecule is C/C=C1/C[N+]2(C)C[C@H]3c4c([nH]c5ccc([O-])cc45)[C@@H]2CC1[C@H]3CO. The number of quaternary nitrogens is 1. The van der Waals surface area contributed by atoms with E-state index >= 15 is 0 Å². The van der Waals surface area contributed by atoms with Crippen molar-refractivity contribution in [1.82, 2.24) is 4.98 Å². The van der Waals surface area contributed by atoms with Crippen molar-refractivity contribution in [2.75, 3.05) is 26.7 Å². The van der Waals surface area contributed by atoms with Crippen molar-refractivity contribution in [1.29, 1.82) is 0 Å². The summed E-state index contributed by atoms with van der Waals surface area (Å²) in [6.07, 6.45) is 3.37. The summed E-state index contributed by atoms with van der Waals surface area (Å²) in [5.74, 6) is 1.13. The number of aromatic nitrogens is 1. The molecule has 5 heterocycles. The van der Waals surface area contributed by atoms with Crippen molar-refractivity contribution in [3.63, 3.8) is 0 Å². The van der Waals surface area contributed by atoms with E-state index in [-0.39, 0.29) is 18.3 Å². The molecule has 126 valence electrons. The minimum Gasteiger partial charge on any atom is -0.872 e. The molecule has 2 N–H and O–H groups in total. The Kier molecular flexibility index (Phi) is 2.82. The maximum atomic E-state index is 11.9. The molecule has 0 radical (unpaired) electrons. The van der Waals surface area contributed by atoms with E-state index in [1.165, 1.54) is 16.8 Å². The van der Waals surface area contributed by atoms with Gasteiger partial charge in [-0.3, -0.25) is 0 Å². The smallest absolute Gasteiger partial charge is 0.131 e. The average Bonchev–Trinajstić information content (AvgIpc) is 2.75. The number of hydrogen-bond donors (Lipinski definition) is 2. The molecule has 1 aliphatic carbocycles. The first-order valence-electron chi connectivity index (χ1n) is 8.98. The minimum atomic E-state index is 0.0720. The summed E-state index contributed by atoms with van der Waals surface area (Å²) in [6, 6.07) is 5.80. The normalized spacial score (nSPS) is 38.7. The fourth-order valence-electron chi connectivity index (χ4n) is 5.97. The van der Waals surface area contributed by atoms with Crippen LogP contribution in [0.15, 0.2) is 29.8 Å². The molecule has 3 fully saturated rings. The number of aromatic amines is 1. The lowest BCUT2D eigenvalue weighted by molar-refractivity contribution is -0.941. The third-order valence-electron chi connectivity index (χ3n) is 7.02. The standard InChI is InChI=1S/C20H24N2O2/c1-3-11-8-22(2)9-15-16(10-23)13(11)7-18(22)20-19(15)14-6-12(24)4-5-17(14)21-20/h3-6,13,15-16,18,21,23H,7-10H2,1-2H3/b11-3-/t13?,15-,16-,18+,22?/m1/s1. The van der Waals surface area contributed by atoms with Gasteiger partial charge in [0.25, 0.3) is 0 Å². The zero-order valence-electron chi connectivity index (χ0n) is 14.2. The molecule has 1 aromatic carbocycles. The van der Waals surface area contributed by atoms with E-state index in [9.17, 15) is 10.2 Å². The predicted molar refractivity (Wildman–Crippen MR) is 91.6 cm³/mol. The molecule has 4 nitrogen and oxygen atoms in total. The highest BCUT2D eigenvalue weighted by atomic mass is 16.3. The lowest BCUT2D eigenvalue weighted by Gasteiger charge is -2.48. The van der Waals surface area contributed by atoms with Gasteiger partial charge in [0.05, 0.1) is 19.3 Å². The van der Waals surface area contributed by atoms with Crippen LogP contribution in [0.25, 0.3) is 10.9 Å². The minimum absolute atomic E-state index is 0.0720. The first-order valence-corrected chi connectivity index (χ1v) is 8.98. The highest BCUT2D eigenvalue weighted by Gasteiger charge is 2.57. The van der Waals surface area contributed by atoms with Crippen LogP contribution in [0.4, 0.5) is 0 Å². The second-order valence-corrected chi connectivity index (χ2v) is 8.15. The van der Waals surface area contributed by atoms with Crippen LogP contribution in [-0.2, 0) is 0 Å². The largest absolute Gasteiger partial charge is 0.872 e. The van der Waals surface area contributed by atoms with E-state index < -0.39 is 0 Å². The van der Waals surface area contributed by atoms with Gasteiger partial charge in [0.15, 0.2) is 0 Å². The predicted octanol–water partition coefficient (Wildman–Crippen LogP) is 2.41. The van der Waals surface area contributed by atoms with Crippen LogP contribution >= 0.6 is 0 Å². The monoisotopic (exact) mass is 324 g/mol. The van der Waals surface area contributed by atoms with E-state index in [1.807, 2.05) is 6.07 Å². The molecule has 0 spiro atoms. The number of H-pyrrole nitrogens is 1. The molecule has 7 rings (SSSR count). The lowest BCUT2D eigenvalue weighted by atomic mass is 9.76. The molecular formula is C20H24N2O2. The molecule has 5 aliphatic rings. The fourth-order valence-corrected chi connectivity index (χ4v) is 5.97. The third-order valence-corrected chi connectivity index (χ3v) is 7.02. The third kappa shape index (κ3) is 1.65. The number of aliphatic hydroxyl groups is 1. The van der Waals surface area contributed by atoms with Crippen molar-refractivity contribution in [3.05, 3.63) is 41.1 Å². The first kappa shape index (κ1) is 14.6. The van der Waals surface area contributed by atoms with Gasteiger partial charge in [0.2, 0.25) is 0 Å². The molecule has 4 heteroatoms. The zero-order chi connectivity index (χ0) is 16.6. The van der Waals surface area contributed by atoms with Crippen molar-refractivity contribution >= 4 is 10.9 Å². The Morgan fingerprint density at radius 3 is 2.96 bits per heavy atom. The van der Waals surface area contributed by atoms with Crippen LogP contribution in [0.2, 0.25) is 0 Å². The zero-order valence-corrected chi connectivity index (χ0v) is 14.2. The number of allylic oxidation sites excluding steroid dienone is 1. The summed E-state index contributed by atoms with van der Waals surface area (Å²) in [6.45, 7) is 4.51. The summed E-state index contributed by atoms with van der Waals surface area (Å²) in [5, 5.41) is 23.3. The van der Waals surface area contributed by atoms with E-state index in [0.29, 0.717) is 17.9 Å². The summed E-state index contributed by atoms with van der Waals surface area (Å²) in [7, 11) is 2.37. The first-order chi connectivity index (χ1) is 11.6. The topological polar surface area (TPSA) is 59.1 Å². The number of nitrogens with one attached hydrogen (secondary N) is 1. The number of piperidine rings is 1. The number of aliphatic hydroxyl groups excluding tert-OH is 1. The molecule has 5 atom stereocenters. The fraction of sp³-hybridized carbons (Fsp3) is 0.500. The Balaban J connectivity index is 1.81. The molecule has 2 unspecified atom stereocenters. The molecular weight excluding hydrogens is 300 g/mol. The number of benzene rings is 1. The lowest BCUT2D eigenvalue weighted by Crippen LogP contribution is -2.54. The van der Waals surface area contributed by atoms with Crippen LogP contribution in [-0.4, -0.2) is 41.3 Å². The highest BCUT2D eigenvalue weighted by molar-refractivity contribution is 5.87. The van der Waals surface area contributed by atoms with E-state index in [1.54, 1.807) is 12.1 Å².